The van der Waals surface area contributed by atoms with Crippen LogP contribution in [0.5, 0.6) is 5.88 Å². The normalized spacial score (nSPS) is 15.1. The number of nitrogens with zero attached hydrogens (tertiary/aromatic N) is 2. The van der Waals surface area contributed by atoms with E-state index in [1.54, 1.807) is 25.3 Å². The fourth-order valence-corrected chi connectivity index (χ4v) is 1.90. The van der Waals surface area contributed by atoms with Crippen molar-refractivity contribution in [3.8, 4) is 17.3 Å². The molecule has 2 aromatic rings. The molecule has 0 unspecified atom stereocenters. The SMILES string of the molecule is Cc1c(F)cccc1-c1nccc(OC2CNC2)n1. The van der Waals surface area contributed by atoms with Crippen LogP contribution in [0.15, 0.2) is 30.5 Å². The largest absolute Gasteiger partial charge is 0.472 e. The molecule has 0 aliphatic carbocycles. The lowest BCUT2D eigenvalue weighted by molar-refractivity contribution is 0.136. The van der Waals surface area contributed by atoms with Gasteiger partial charge in [-0.05, 0) is 18.6 Å². The third kappa shape index (κ3) is 2.42. The fraction of sp³-hybridized carbons (Fsp3) is 0.286. The maximum atomic E-state index is 13.5. The predicted molar refractivity (Wildman–Crippen MR) is 69.4 cm³/mol. The Morgan fingerprint density at radius 3 is 2.89 bits per heavy atom. The highest BCUT2D eigenvalue weighted by atomic mass is 19.1. The molecule has 1 fully saturated rings. The average Bonchev–Trinajstić information content (AvgIpc) is 2.38. The first-order chi connectivity index (χ1) is 9.24. The van der Waals surface area contributed by atoms with Crippen LogP contribution in [0, 0.1) is 12.7 Å². The summed E-state index contributed by atoms with van der Waals surface area (Å²) in [7, 11) is 0. The molecule has 0 saturated carbocycles. The quantitative estimate of drug-likeness (QED) is 0.915. The van der Waals surface area contributed by atoms with Gasteiger partial charge in [0.05, 0.1) is 0 Å². The van der Waals surface area contributed by atoms with Crippen molar-refractivity contribution in [2.45, 2.75) is 13.0 Å². The summed E-state index contributed by atoms with van der Waals surface area (Å²) < 4.78 is 19.2. The van der Waals surface area contributed by atoms with Gasteiger partial charge in [-0.25, -0.2) is 9.37 Å². The Hall–Kier alpha value is -2.01. The number of halogens is 1. The highest BCUT2D eigenvalue weighted by molar-refractivity contribution is 5.60. The molecular weight excluding hydrogens is 245 g/mol. The zero-order chi connectivity index (χ0) is 13.2. The number of ether oxygens (including phenoxy) is 1. The number of hydrogen-bond donors (Lipinski definition) is 1. The third-order valence-corrected chi connectivity index (χ3v) is 3.17. The van der Waals surface area contributed by atoms with E-state index >= 15 is 0 Å². The first kappa shape index (κ1) is 12.0. The van der Waals surface area contributed by atoms with Gasteiger partial charge in [-0.1, -0.05) is 12.1 Å². The molecule has 98 valence electrons. The van der Waals surface area contributed by atoms with Gasteiger partial charge in [0.25, 0.3) is 0 Å². The lowest BCUT2D eigenvalue weighted by atomic mass is 10.1. The van der Waals surface area contributed by atoms with E-state index in [2.05, 4.69) is 15.3 Å². The lowest BCUT2D eigenvalue weighted by Gasteiger charge is -2.27. The summed E-state index contributed by atoms with van der Waals surface area (Å²) >= 11 is 0. The molecular formula is C14H14FN3O. The van der Waals surface area contributed by atoms with E-state index < -0.39 is 0 Å². The van der Waals surface area contributed by atoms with Crippen molar-refractivity contribution in [3.63, 3.8) is 0 Å². The zero-order valence-corrected chi connectivity index (χ0v) is 10.6. The molecule has 5 heteroatoms. The first-order valence-corrected chi connectivity index (χ1v) is 6.20. The van der Waals surface area contributed by atoms with Crippen molar-refractivity contribution in [2.75, 3.05) is 13.1 Å². The van der Waals surface area contributed by atoms with Crippen LogP contribution in [0.3, 0.4) is 0 Å². The van der Waals surface area contributed by atoms with Crippen LogP contribution < -0.4 is 10.1 Å². The molecule has 19 heavy (non-hydrogen) atoms. The second-order valence-corrected chi connectivity index (χ2v) is 4.53. The van der Waals surface area contributed by atoms with Gasteiger partial charge >= 0.3 is 0 Å². The molecule has 0 radical (unpaired) electrons. The monoisotopic (exact) mass is 259 g/mol. The number of aromatic nitrogens is 2. The minimum atomic E-state index is -0.254. The molecule has 1 aliphatic heterocycles. The van der Waals surface area contributed by atoms with Gasteiger partial charge in [0.15, 0.2) is 5.82 Å². The van der Waals surface area contributed by atoms with Gasteiger partial charge in [0.2, 0.25) is 5.88 Å². The van der Waals surface area contributed by atoms with Crippen molar-refractivity contribution in [2.24, 2.45) is 0 Å². The highest BCUT2D eigenvalue weighted by Gasteiger charge is 2.19. The van der Waals surface area contributed by atoms with Gasteiger partial charge < -0.3 is 10.1 Å². The maximum Gasteiger partial charge on any atom is 0.217 e. The Morgan fingerprint density at radius 2 is 2.16 bits per heavy atom. The summed E-state index contributed by atoms with van der Waals surface area (Å²) in [5, 5.41) is 3.13. The van der Waals surface area contributed by atoms with Gasteiger partial charge in [0, 0.05) is 30.9 Å². The molecule has 3 rings (SSSR count). The van der Waals surface area contributed by atoms with Gasteiger partial charge in [-0.15, -0.1) is 0 Å². The number of benzene rings is 1. The van der Waals surface area contributed by atoms with Crippen LogP contribution in [0.2, 0.25) is 0 Å². The van der Waals surface area contributed by atoms with Crippen LogP contribution in [-0.4, -0.2) is 29.2 Å². The Balaban J connectivity index is 1.91. The van der Waals surface area contributed by atoms with E-state index in [4.69, 9.17) is 4.74 Å². The topological polar surface area (TPSA) is 47.0 Å². The van der Waals surface area contributed by atoms with Crippen molar-refractivity contribution in [1.29, 1.82) is 0 Å². The Kier molecular flexibility index (Phi) is 3.13. The summed E-state index contributed by atoms with van der Waals surface area (Å²) in [6.07, 6.45) is 1.80. The van der Waals surface area contributed by atoms with Crippen LogP contribution in [0.4, 0.5) is 4.39 Å². The van der Waals surface area contributed by atoms with Crippen LogP contribution in [-0.2, 0) is 0 Å². The molecule has 1 saturated heterocycles. The van der Waals surface area contributed by atoms with E-state index in [0.717, 1.165) is 13.1 Å². The van der Waals surface area contributed by atoms with E-state index in [9.17, 15) is 4.39 Å². The predicted octanol–water partition coefficient (Wildman–Crippen LogP) is 1.94. The van der Waals surface area contributed by atoms with Crippen LogP contribution >= 0.6 is 0 Å². The summed E-state index contributed by atoms with van der Waals surface area (Å²) in [4.78, 5) is 8.53. The fourth-order valence-electron chi connectivity index (χ4n) is 1.90. The smallest absolute Gasteiger partial charge is 0.217 e. The summed E-state index contributed by atoms with van der Waals surface area (Å²) in [6.45, 7) is 3.38. The first-order valence-electron chi connectivity index (χ1n) is 6.20. The van der Waals surface area contributed by atoms with Gasteiger partial charge in [-0.3, -0.25) is 0 Å². The van der Waals surface area contributed by atoms with Crippen molar-refractivity contribution >= 4 is 0 Å². The van der Waals surface area contributed by atoms with E-state index in [-0.39, 0.29) is 11.9 Å². The van der Waals surface area contributed by atoms with E-state index in [1.807, 2.05) is 6.07 Å². The standard InChI is InChI=1S/C14H14FN3O/c1-9-11(3-2-4-12(9)15)14-17-6-5-13(18-14)19-10-7-16-8-10/h2-6,10,16H,7-8H2,1H3. The minimum absolute atomic E-state index is 0.163. The number of hydrogen-bond acceptors (Lipinski definition) is 4. The molecule has 0 bridgehead atoms. The van der Waals surface area contributed by atoms with Crippen molar-refractivity contribution in [1.82, 2.24) is 15.3 Å². The van der Waals surface area contributed by atoms with Crippen molar-refractivity contribution < 1.29 is 9.13 Å². The molecule has 0 atom stereocenters. The number of rotatable bonds is 3. The zero-order valence-electron chi connectivity index (χ0n) is 10.6. The summed E-state index contributed by atoms with van der Waals surface area (Å²) in [5.41, 5.74) is 1.24. The van der Waals surface area contributed by atoms with Crippen LogP contribution in [0.25, 0.3) is 11.4 Å². The van der Waals surface area contributed by atoms with Crippen molar-refractivity contribution in [3.05, 3.63) is 41.8 Å². The molecule has 1 aromatic carbocycles. The molecule has 1 aliphatic rings. The second-order valence-electron chi connectivity index (χ2n) is 4.53. The Labute approximate surface area is 110 Å². The Bertz CT molecular complexity index is 599. The molecule has 0 spiro atoms. The third-order valence-electron chi connectivity index (χ3n) is 3.17. The van der Waals surface area contributed by atoms with Gasteiger partial charge in [-0.2, -0.15) is 4.98 Å². The molecule has 1 N–H and O–H groups in total. The molecule has 4 nitrogen and oxygen atoms in total. The molecule has 1 aromatic heterocycles. The maximum absolute atomic E-state index is 13.5. The summed E-state index contributed by atoms with van der Waals surface area (Å²) in [5.74, 6) is 0.762. The van der Waals surface area contributed by atoms with Gasteiger partial charge in [0.1, 0.15) is 11.9 Å². The van der Waals surface area contributed by atoms with E-state index in [0.29, 0.717) is 22.8 Å². The Morgan fingerprint density at radius 1 is 1.32 bits per heavy atom. The summed E-state index contributed by atoms with van der Waals surface area (Å²) in [6, 6.07) is 6.61. The second kappa shape index (κ2) is 4.93. The highest BCUT2D eigenvalue weighted by Crippen LogP contribution is 2.23. The lowest BCUT2D eigenvalue weighted by Crippen LogP contribution is -2.50. The average molecular weight is 259 g/mol. The van der Waals surface area contributed by atoms with Crippen LogP contribution in [0.1, 0.15) is 5.56 Å². The minimum Gasteiger partial charge on any atom is -0.472 e. The molecule has 0 amide bonds. The number of nitrogens with one attached hydrogen (secondary N) is 1. The molecule has 2 heterocycles. The van der Waals surface area contributed by atoms with E-state index in [1.165, 1.54) is 6.07 Å².